The Morgan fingerprint density at radius 1 is 1.17 bits per heavy atom. The van der Waals surface area contributed by atoms with Gasteiger partial charge in [0, 0.05) is 5.69 Å². The van der Waals surface area contributed by atoms with Gasteiger partial charge in [-0.2, -0.15) is 0 Å². The van der Waals surface area contributed by atoms with E-state index in [1.54, 1.807) is 13.8 Å². The lowest BCUT2D eigenvalue weighted by molar-refractivity contribution is -0.116. The third kappa shape index (κ3) is 4.60. The van der Waals surface area contributed by atoms with Gasteiger partial charge >= 0.3 is 0 Å². The van der Waals surface area contributed by atoms with Crippen LogP contribution in [0.1, 0.15) is 23.4 Å². The summed E-state index contributed by atoms with van der Waals surface area (Å²) in [5.41, 5.74) is 3.14. The van der Waals surface area contributed by atoms with Crippen molar-refractivity contribution in [2.24, 2.45) is 0 Å². The third-order valence-corrected chi connectivity index (χ3v) is 4.14. The van der Waals surface area contributed by atoms with E-state index in [1.807, 2.05) is 31.2 Å². The second-order valence-electron chi connectivity index (χ2n) is 5.26. The second kappa shape index (κ2) is 7.66. The Kier molecular flexibility index (Phi) is 5.85. The summed E-state index contributed by atoms with van der Waals surface area (Å²) in [7, 11) is 0. The van der Waals surface area contributed by atoms with E-state index in [2.05, 4.69) is 10.3 Å². The average molecular weight is 353 g/mol. The van der Waals surface area contributed by atoms with E-state index >= 15 is 0 Å². The lowest BCUT2D eigenvalue weighted by Gasteiger charge is -2.13. The van der Waals surface area contributed by atoms with Gasteiger partial charge in [-0.25, -0.2) is 0 Å². The van der Waals surface area contributed by atoms with Crippen LogP contribution in [-0.4, -0.2) is 17.5 Å². The van der Waals surface area contributed by atoms with Crippen LogP contribution in [0.15, 0.2) is 24.3 Å². The summed E-state index contributed by atoms with van der Waals surface area (Å²) in [6, 6.07) is 7.61. The number of aryl methyl sites for hydroxylation is 3. The first-order valence-corrected chi connectivity index (χ1v) is 7.95. The molecule has 0 saturated heterocycles. The highest BCUT2D eigenvalue weighted by Crippen LogP contribution is 2.36. The molecule has 0 saturated carbocycles. The van der Waals surface area contributed by atoms with Crippen LogP contribution in [0.25, 0.3) is 0 Å². The minimum atomic E-state index is -0.134. The maximum Gasteiger partial charge on any atom is 0.227 e. The first-order chi connectivity index (χ1) is 10.9. The van der Waals surface area contributed by atoms with E-state index < -0.39 is 0 Å². The maximum atomic E-state index is 11.9. The van der Waals surface area contributed by atoms with Gasteiger partial charge in [0.25, 0.3) is 0 Å². The van der Waals surface area contributed by atoms with Crippen LogP contribution < -0.4 is 10.1 Å². The van der Waals surface area contributed by atoms with E-state index in [1.165, 1.54) is 0 Å². The number of nitrogens with one attached hydrogen (secondary N) is 1. The number of hydrogen-bond donors (Lipinski definition) is 1. The highest BCUT2D eigenvalue weighted by atomic mass is 35.5. The smallest absolute Gasteiger partial charge is 0.227 e. The van der Waals surface area contributed by atoms with Crippen molar-refractivity contribution in [3.63, 3.8) is 0 Å². The number of aromatic nitrogens is 1. The number of pyridine rings is 1. The second-order valence-corrected chi connectivity index (χ2v) is 6.01. The maximum absolute atomic E-state index is 11.9. The van der Waals surface area contributed by atoms with Crippen molar-refractivity contribution in [1.29, 1.82) is 0 Å². The molecule has 0 aliphatic heterocycles. The Bertz CT molecular complexity index is 707. The number of ether oxygens (including phenoxy) is 1. The lowest BCUT2D eigenvalue weighted by atomic mass is 10.2. The minimum Gasteiger partial charge on any atom is -0.490 e. The molecule has 1 aromatic carbocycles. The Balaban J connectivity index is 1.94. The number of amides is 1. The molecule has 6 heteroatoms. The first kappa shape index (κ1) is 17.6. The highest BCUT2D eigenvalue weighted by Gasteiger charge is 2.15. The molecular formula is C17H18Cl2N2O2. The van der Waals surface area contributed by atoms with Gasteiger partial charge in [0.15, 0.2) is 5.75 Å². The van der Waals surface area contributed by atoms with Crippen LogP contribution >= 0.6 is 23.2 Å². The quantitative estimate of drug-likeness (QED) is 0.846. The number of benzene rings is 1. The molecule has 0 aliphatic carbocycles. The average Bonchev–Trinajstić information content (AvgIpc) is 2.49. The van der Waals surface area contributed by atoms with Gasteiger partial charge in [-0.15, -0.1) is 0 Å². The molecule has 23 heavy (non-hydrogen) atoms. The monoisotopic (exact) mass is 352 g/mol. The summed E-state index contributed by atoms with van der Waals surface area (Å²) >= 11 is 12.3. The molecule has 0 bridgehead atoms. The summed E-state index contributed by atoms with van der Waals surface area (Å²) in [5.74, 6) is 0.243. The number of carbonyl (C=O) groups excluding carboxylic acids is 1. The predicted octanol–water partition coefficient (Wildman–Crippen LogP) is 4.72. The molecule has 0 spiro atoms. The summed E-state index contributed by atoms with van der Waals surface area (Å²) in [6.45, 7) is 5.71. The normalized spacial score (nSPS) is 10.5. The van der Waals surface area contributed by atoms with Crippen LogP contribution in [0, 0.1) is 20.8 Å². The zero-order chi connectivity index (χ0) is 17.0. The Hall–Kier alpha value is -1.78. The Labute approximate surface area is 145 Å². The molecule has 122 valence electrons. The van der Waals surface area contributed by atoms with Crippen LogP contribution in [0.2, 0.25) is 10.0 Å². The predicted molar refractivity (Wildman–Crippen MR) is 93.7 cm³/mol. The molecule has 0 atom stereocenters. The molecule has 1 heterocycles. The summed E-state index contributed by atoms with van der Waals surface area (Å²) in [6.07, 6.45) is 0.195. The van der Waals surface area contributed by atoms with E-state index in [4.69, 9.17) is 27.9 Å². The molecule has 1 amide bonds. The standard InChI is InChI=1S/C17H18Cl2N2O2/c1-10-5-4-6-13(9-10)21-14(22)7-8-23-17-15(18)11(2)20-12(3)16(17)19/h4-6,9H,7-8H2,1-3H3,(H,21,22). The van der Waals surface area contributed by atoms with Crippen molar-refractivity contribution in [2.45, 2.75) is 27.2 Å². The van der Waals surface area contributed by atoms with Crippen molar-refractivity contribution in [3.8, 4) is 5.75 Å². The zero-order valence-corrected chi connectivity index (χ0v) is 14.8. The van der Waals surface area contributed by atoms with Gasteiger partial charge in [0.1, 0.15) is 10.0 Å². The lowest BCUT2D eigenvalue weighted by Crippen LogP contribution is -2.15. The van der Waals surface area contributed by atoms with E-state index in [0.29, 0.717) is 27.2 Å². The van der Waals surface area contributed by atoms with E-state index in [-0.39, 0.29) is 18.9 Å². The molecule has 0 unspecified atom stereocenters. The fourth-order valence-electron chi connectivity index (χ4n) is 2.09. The number of halogens is 2. The van der Waals surface area contributed by atoms with E-state index in [0.717, 1.165) is 11.3 Å². The molecule has 4 nitrogen and oxygen atoms in total. The van der Waals surface area contributed by atoms with Crippen molar-refractivity contribution in [1.82, 2.24) is 4.98 Å². The molecule has 0 radical (unpaired) electrons. The number of carbonyl (C=O) groups is 1. The molecule has 0 fully saturated rings. The summed E-state index contributed by atoms with van der Waals surface area (Å²) in [5, 5.41) is 3.57. The zero-order valence-electron chi connectivity index (χ0n) is 13.2. The number of rotatable bonds is 5. The highest BCUT2D eigenvalue weighted by molar-refractivity contribution is 6.37. The molecular weight excluding hydrogens is 335 g/mol. The van der Waals surface area contributed by atoms with E-state index in [9.17, 15) is 4.79 Å². The number of hydrogen-bond acceptors (Lipinski definition) is 3. The molecule has 2 rings (SSSR count). The van der Waals surface area contributed by atoms with Gasteiger partial charge in [-0.05, 0) is 38.5 Å². The van der Waals surface area contributed by atoms with Gasteiger partial charge < -0.3 is 10.1 Å². The van der Waals surface area contributed by atoms with Crippen molar-refractivity contribution in [2.75, 3.05) is 11.9 Å². The largest absolute Gasteiger partial charge is 0.490 e. The molecule has 1 aromatic heterocycles. The fraction of sp³-hybridized carbons (Fsp3) is 0.294. The van der Waals surface area contributed by atoms with Crippen molar-refractivity contribution in [3.05, 3.63) is 51.3 Å². The van der Waals surface area contributed by atoms with Crippen molar-refractivity contribution >= 4 is 34.8 Å². The summed E-state index contributed by atoms with van der Waals surface area (Å²) < 4.78 is 5.60. The first-order valence-electron chi connectivity index (χ1n) is 7.20. The van der Waals surface area contributed by atoms with Crippen LogP contribution in [0.3, 0.4) is 0 Å². The fourth-order valence-corrected chi connectivity index (χ4v) is 2.52. The van der Waals surface area contributed by atoms with Crippen LogP contribution in [-0.2, 0) is 4.79 Å². The Morgan fingerprint density at radius 2 is 1.83 bits per heavy atom. The SMILES string of the molecule is Cc1cccc(NC(=O)CCOc2c(Cl)c(C)nc(C)c2Cl)c1. The molecule has 1 N–H and O–H groups in total. The molecule has 0 aliphatic rings. The van der Waals surface area contributed by atoms with Gasteiger partial charge in [0.05, 0.1) is 24.4 Å². The number of anilines is 1. The van der Waals surface area contributed by atoms with Gasteiger partial charge in [-0.1, -0.05) is 35.3 Å². The van der Waals surface area contributed by atoms with Crippen molar-refractivity contribution < 1.29 is 9.53 Å². The van der Waals surface area contributed by atoms with Gasteiger partial charge in [-0.3, -0.25) is 9.78 Å². The summed E-state index contributed by atoms with van der Waals surface area (Å²) in [4.78, 5) is 16.2. The van der Waals surface area contributed by atoms with Gasteiger partial charge in [0.2, 0.25) is 5.91 Å². The third-order valence-electron chi connectivity index (χ3n) is 3.25. The topological polar surface area (TPSA) is 51.2 Å². The number of nitrogens with zero attached hydrogens (tertiary/aromatic N) is 1. The molecule has 2 aromatic rings. The Morgan fingerprint density at radius 3 is 2.43 bits per heavy atom. The van der Waals surface area contributed by atoms with Crippen LogP contribution in [0.4, 0.5) is 5.69 Å². The van der Waals surface area contributed by atoms with Crippen LogP contribution in [0.5, 0.6) is 5.75 Å². The minimum absolute atomic E-state index is 0.134.